The van der Waals surface area contributed by atoms with Crippen LogP contribution in [-0.4, -0.2) is 85.5 Å². The molecule has 13 nitrogen and oxygen atoms in total. The molecule has 0 aromatic heterocycles. The third-order valence-electron chi connectivity index (χ3n) is 4.70. The molecule has 1 N–H and O–H groups in total. The van der Waals surface area contributed by atoms with Crippen LogP contribution in [-0.2, 0) is 57.2 Å². The Kier molecular flexibility index (Phi) is 12.6. The predicted octanol–water partition coefficient (Wildman–Crippen LogP) is 0.126. The van der Waals surface area contributed by atoms with Gasteiger partial charge in [0.15, 0.2) is 18.3 Å². The molecule has 1 amide bonds. The van der Waals surface area contributed by atoms with Gasteiger partial charge in [-0.25, -0.2) is 0 Å². The third kappa shape index (κ3) is 10.8. The number of rotatable bonds is 11. The van der Waals surface area contributed by atoms with Crippen LogP contribution in [0.15, 0.2) is 12.2 Å². The van der Waals surface area contributed by atoms with E-state index in [2.05, 4.69) is 5.32 Å². The fourth-order valence-corrected chi connectivity index (χ4v) is 3.53. The van der Waals surface area contributed by atoms with Crippen LogP contribution in [0.3, 0.4) is 0 Å². The molecule has 36 heavy (non-hydrogen) atoms. The Morgan fingerprint density at radius 1 is 0.778 bits per heavy atom. The maximum Gasteiger partial charge on any atom is 0.303 e. The topological polar surface area (TPSA) is 170 Å². The zero-order valence-corrected chi connectivity index (χ0v) is 21.1. The van der Waals surface area contributed by atoms with Gasteiger partial charge in [0.25, 0.3) is 0 Å². The number of nitrogens with one attached hydrogen (secondary N) is 1. The standard InChI is InChI=1S/C23H33NO12/c1-7-8-17(32-13(3)26)10-24-20(30)9-18-21(33-14(4)27)23(35-16(6)29)22(34-15(5)28)19(36-18)11-31-12(2)25/h7-8,17-19,21-23H,9-11H2,1-6H3,(H,24,30)/b8-7+/t17-,18-,19+,21-,22+,23+/m0/s1. The Balaban J connectivity index is 3.21. The second-order valence-electron chi connectivity index (χ2n) is 7.92. The average Bonchev–Trinajstić information content (AvgIpc) is 2.73. The number of esters is 5. The summed E-state index contributed by atoms with van der Waals surface area (Å²) < 4.78 is 31.9. The van der Waals surface area contributed by atoms with E-state index in [0.29, 0.717) is 0 Å². The molecular weight excluding hydrogens is 482 g/mol. The summed E-state index contributed by atoms with van der Waals surface area (Å²) >= 11 is 0. The molecule has 1 aliphatic heterocycles. The fraction of sp³-hybridized carbons (Fsp3) is 0.652. The lowest BCUT2D eigenvalue weighted by Crippen LogP contribution is -2.63. The molecule has 0 aromatic rings. The van der Waals surface area contributed by atoms with Crippen molar-refractivity contribution in [2.24, 2.45) is 0 Å². The Hall–Kier alpha value is -3.48. The van der Waals surface area contributed by atoms with Crippen LogP contribution in [0, 0.1) is 0 Å². The van der Waals surface area contributed by atoms with Gasteiger partial charge in [-0.1, -0.05) is 6.08 Å². The molecule has 1 fully saturated rings. The molecule has 1 saturated heterocycles. The highest BCUT2D eigenvalue weighted by atomic mass is 16.7. The highest BCUT2D eigenvalue weighted by Crippen LogP contribution is 2.30. The highest BCUT2D eigenvalue weighted by Gasteiger charge is 2.52. The Bertz CT molecular complexity index is 854. The SMILES string of the molecule is C/C=C/[C@@H](CNC(=O)C[C@@H]1O[C@H](COC(C)=O)[C@@H](OC(C)=O)[C@H](OC(C)=O)[C@H]1OC(C)=O)OC(C)=O. The Morgan fingerprint density at radius 3 is 1.78 bits per heavy atom. The molecule has 0 aromatic carbocycles. The van der Waals surface area contributed by atoms with Crippen LogP contribution < -0.4 is 5.32 Å². The molecule has 0 aliphatic carbocycles. The predicted molar refractivity (Wildman–Crippen MR) is 120 cm³/mol. The molecule has 0 saturated carbocycles. The number of carbonyl (C=O) groups excluding carboxylic acids is 6. The van der Waals surface area contributed by atoms with Crippen molar-refractivity contribution in [3.8, 4) is 0 Å². The Morgan fingerprint density at radius 2 is 1.31 bits per heavy atom. The summed E-state index contributed by atoms with van der Waals surface area (Å²) in [6.45, 7) is 6.98. The van der Waals surface area contributed by atoms with Crippen molar-refractivity contribution in [2.45, 2.75) is 84.6 Å². The van der Waals surface area contributed by atoms with E-state index >= 15 is 0 Å². The van der Waals surface area contributed by atoms with Gasteiger partial charge in [-0.05, 0) is 13.0 Å². The first kappa shape index (κ1) is 30.6. The van der Waals surface area contributed by atoms with Crippen molar-refractivity contribution in [2.75, 3.05) is 13.2 Å². The van der Waals surface area contributed by atoms with Crippen molar-refractivity contribution in [1.29, 1.82) is 0 Å². The number of hydrogen-bond donors (Lipinski definition) is 1. The maximum atomic E-state index is 12.7. The van der Waals surface area contributed by atoms with Gasteiger partial charge < -0.3 is 33.7 Å². The van der Waals surface area contributed by atoms with Gasteiger partial charge in [-0.3, -0.25) is 28.8 Å². The minimum atomic E-state index is -1.36. The molecule has 1 heterocycles. The van der Waals surface area contributed by atoms with E-state index < -0.39 is 79.0 Å². The van der Waals surface area contributed by atoms with Gasteiger partial charge >= 0.3 is 29.8 Å². The molecular formula is C23H33NO12. The lowest BCUT2D eigenvalue weighted by Gasteiger charge is -2.44. The molecule has 202 valence electrons. The van der Waals surface area contributed by atoms with E-state index in [4.69, 9.17) is 28.4 Å². The van der Waals surface area contributed by atoms with Crippen molar-refractivity contribution >= 4 is 35.8 Å². The van der Waals surface area contributed by atoms with E-state index in [1.165, 1.54) is 6.92 Å². The average molecular weight is 516 g/mol. The van der Waals surface area contributed by atoms with Crippen LogP contribution >= 0.6 is 0 Å². The van der Waals surface area contributed by atoms with Crippen molar-refractivity contribution in [3.63, 3.8) is 0 Å². The van der Waals surface area contributed by atoms with E-state index in [9.17, 15) is 28.8 Å². The quantitative estimate of drug-likeness (QED) is 0.224. The van der Waals surface area contributed by atoms with Crippen LogP contribution in [0.1, 0.15) is 48.0 Å². The maximum absolute atomic E-state index is 12.7. The van der Waals surface area contributed by atoms with Gasteiger partial charge in [-0.2, -0.15) is 0 Å². The molecule has 0 bridgehead atoms. The summed E-state index contributed by atoms with van der Waals surface area (Å²) in [4.78, 5) is 70.8. The summed E-state index contributed by atoms with van der Waals surface area (Å²) in [7, 11) is 0. The molecule has 13 heteroatoms. The second kappa shape index (κ2) is 14.8. The molecule has 6 atom stereocenters. The first-order chi connectivity index (χ1) is 16.8. The van der Waals surface area contributed by atoms with Crippen LogP contribution in [0.2, 0.25) is 0 Å². The number of ether oxygens (including phenoxy) is 6. The first-order valence-electron chi connectivity index (χ1n) is 11.2. The van der Waals surface area contributed by atoms with Gasteiger partial charge in [0.2, 0.25) is 5.91 Å². The molecule has 0 radical (unpaired) electrons. The van der Waals surface area contributed by atoms with Crippen LogP contribution in [0.4, 0.5) is 0 Å². The van der Waals surface area contributed by atoms with Crippen molar-refractivity contribution in [1.82, 2.24) is 5.32 Å². The summed E-state index contributed by atoms with van der Waals surface area (Å²) in [6, 6.07) is 0. The number of hydrogen-bond acceptors (Lipinski definition) is 12. The zero-order chi connectivity index (χ0) is 27.4. The largest absolute Gasteiger partial charge is 0.463 e. The lowest BCUT2D eigenvalue weighted by atomic mass is 9.92. The van der Waals surface area contributed by atoms with Gasteiger partial charge in [0, 0.05) is 34.6 Å². The van der Waals surface area contributed by atoms with E-state index in [1.54, 1.807) is 19.1 Å². The minimum Gasteiger partial charge on any atom is -0.463 e. The minimum absolute atomic E-state index is 0.0476. The summed E-state index contributed by atoms with van der Waals surface area (Å²) in [5, 5.41) is 2.59. The van der Waals surface area contributed by atoms with E-state index in [-0.39, 0.29) is 13.0 Å². The van der Waals surface area contributed by atoms with Gasteiger partial charge in [0.05, 0.1) is 13.0 Å². The highest BCUT2D eigenvalue weighted by molar-refractivity contribution is 5.77. The first-order valence-corrected chi connectivity index (χ1v) is 11.2. The van der Waals surface area contributed by atoms with Gasteiger partial charge in [0.1, 0.15) is 24.9 Å². The summed E-state index contributed by atoms with van der Waals surface area (Å²) in [5.74, 6) is -4.06. The smallest absolute Gasteiger partial charge is 0.303 e. The third-order valence-corrected chi connectivity index (χ3v) is 4.70. The monoisotopic (exact) mass is 515 g/mol. The lowest BCUT2D eigenvalue weighted by molar-refractivity contribution is -0.252. The van der Waals surface area contributed by atoms with Gasteiger partial charge in [-0.15, -0.1) is 0 Å². The Labute approximate surface area is 208 Å². The molecule has 1 aliphatic rings. The van der Waals surface area contributed by atoms with E-state index in [0.717, 1.165) is 27.7 Å². The number of amides is 1. The zero-order valence-electron chi connectivity index (χ0n) is 21.1. The second-order valence-corrected chi connectivity index (χ2v) is 7.92. The van der Waals surface area contributed by atoms with Crippen LogP contribution in [0.5, 0.6) is 0 Å². The normalized spacial score (nSPS) is 24.2. The van der Waals surface area contributed by atoms with Crippen LogP contribution in [0.25, 0.3) is 0 Å². The number of allylic oxidation sites excluding steroid dienone is 1. The molecule has 0 spiro atoms. The van der Waals surface area contributed by atoms with Crippen molar-refractivity contribution < 1.29 is 57.2 Å². The van der Waals surface area contributed by atoms with Crippen molar-refractivity contribution in [3.05, 3.63) is 12.2 Å². The molecule has 1 rings (SSSR count). The summed E-state index contributed by atoms with van der Waals surface area (Å²) in [5.41, 5.74) is 0. The number of carbonyl (C=O) groups is 6. The molecule has 0 unspecified atom stereocenters. The fourth-order valence-electron chi connectivity index (χ4n) is 3.53. The summed E-state index contributed by atoms with van der Waals surface area (Å²) in [6.07, 6.45) is -4.21. The van der Waals surface area contributed by atoms with E-state index in [1.807, 2.05) is 0 Å².